The summed E-state index contributed by atoms with van der Waals surface area (Å²) in [5.74, 6) is 0.771. The molecule has 1 unspecified atom stereocenters. The number of amides is 1. The fraction of sp³-hybridized carbons (Fsp3) is 0.640. The normalized spacial score (nSPS) is 30.6. The van der Waals surface area contributed by atoms with Gasteiger partial charge in [-0.25, -0.2) is 0 Å². The molecule has 0 radical (unpaired) electrons. The molecular weight excluding hydrogens is 358 g/mol. The van der Waals surface area contributed by atoms with Crippen molar-refractivity contribution in [1.82, 2.24) is 9.47 Å². The van der Waals surface area contributed by atoms with E-state index < -0.39 is 0 Å². The summed E-state index contributed by atoms with van der Waals surface area (Å²) in [6.07, 6.45) is 10.5. The lowest BCUT2D eigenvalue weighted by molar-refractivity contribution is -0.138. The molecule has 3 atom stereocenters. The first kappa shape index (κ1) is 19.2. The lowest BCUT2D eigenvalue weighted by Crippen LogP contribution is -2.59. The smallest absolute Gasteiger partial charge is 0.225 e. The number of carbonyl (C=O) groups is 1. The first-order valence-electron chi connectivity index (χ1n) is 11.5. The highest BCUT2D eigenvalue weighted by atomic mass is 16.1. The van der Waals surface area contributed by atoms with Gasteiger partial charge in [-0.3, -0.25) is 4.79 Å². The Balaban J connectivity index is 1.62. The highest BCUT2D eigenvalue weighted by Crippen LogP contribution is 2.53. The number of likely N-dealkylation sites (tertiary alicyclic amines) is 1. The van der Waals surface area contributed by atoms with Crippen molar-refractivity contribution in [3.05, 3.63) is 35.5 Å². The molecule has 2 N–H and O–H groups in total. The van der Waals surface area contributed by atoms with E-state index in [1.54, 1.807) is 0 Å². The molecule has 4 heteroatoms. The van der Waals surface area contributed by atoms with Gasteiger partial charge in [-0.05, 0) is 69.7 Å². The molecule has 5 rings (SSSR count). The van der Waals surface area contributed by atoms with Gasteiger partial charge in [0.05, 0.1) is 5.41 Å². The Hall–Kier alpha value is -1.81. The van der Waals surface area contributed by atoms with E-state index in [0.717, 1.165) is 32.2 Å². The molecule has 2 heterocycles. The number of carbonyl (C=O) groups excluding carboxylic acids is 1. The molecule has 2 aromatic rings. The maximum absolute atomic E-state index is 13.0. The number of hydrogen-bond acceptors (Lipinski definition) is 2. The number of rotatable bonds is 3. The lowest BCUT2D eigenvalue weighted by atomic mass is 9.59. The van der Waals surface area contributed by atoms with Gasteiger partial charge in [0.25, 0.3) is 0 Å². The van der Waals surface area contributed by atoms with Crippen LogP contribution in [0, 0.1) is 11.3 Å². The number of piperidine rings is 1. The molecule has 0 spiro atoms. The maximum Gasteiger partial charge on any atom is 0.225 e. The van der Waals surface area contributed by atoms with Crippen LogP contribution in [0.4, 0.5) is 0 Å². The Morgan fingerprint density at radius 1 is 1.21 bits per heavy atom. The number of nitrogens with two attached hydrogens (primary N) is 1. The Labute approximate surface area is 174 Å². The summed E-state index contributed by atoms with van der Waals surface area (Å²) in [6.45, 7) is 5.34. The van der Waals surface area contributed by atoms with Crippen molar-refractivity contribution in [2.45, 2.75) is 76.8 Å². The summed E-state index contributed by atoms with van der Waals surface area (Å²) in [5.41, 5.74) is 10.1. The van der Waals surface area contributed by atoms with Crippen molar-refractivity contribution in [1.29, 1.82) is 0 Å². The molecule has 0 bridgehead atoms. The number of likely N-dealkylation sites (N-methyl/N-ethyl adjacent to an activating group) is 1. The number of primary amides is 1. The zero-order valence-electron chi connectivity index (χ0n) is 18.2. The van der Waals surface area contributed by atoms with Gasteiger partial charge in [0.2, 0.25) is 5.91 Å². The quantitative estimate of drug-likeness (QED) is 0.827. The molecule has 3 aliphatic rings. The molecule has 29 heavy (non-hydrogen) atoms. The largest absolute Gasteiger partial charge is 0.369 e. The minimum Gasteiger partial charge on any atom is -0.369 e. The highest BCUT2D eigenvalue weighted by Gasteiger charge is 2.53. The van der Waals surface area contributed by atoms with Crippen molar-refractivity contribution in [2.24, 2.45) is 17.1 Å². The van der Waals surface area contributed by atoms with Crippen molar-refractivity contribution >= 4 is 16.8 Å². The van der Waals surface area contributed by atoms with Gasteiger partial charge in [-0.1, -0.05) is 31.4 Å². The van der Waals surface area contributed by atoms with E-state index in [4.69, 9.17) is 5.73 Å². The second-order valence-corrected chi connectivity index (χ2v) is 10.2. The lowest BCUT2D eigenvalue weighted by Gasteiger charge is -2.53. The van der Waals surface area contributed by atoms with E-state index in [0.29, 0.717) is 23.9 Å². The molecular formula is C25H35N3O. The minimum atomic E-state index is -0.378. The van der Waals surface area contributed by atoms with Crippen LogP contribution >= 0.6 is 0 Å². The summed E-state index contributed by atoms with van der Waals surface area (Å²) in [4.78, 5) is 15.4. The van der Waals surface area contributed by atoms with Gasteiger partial charge in [-0.2, -0.15) is 0 Å². The Morgan fingerprint density at radius 3 is 2.66 bits per heavy atom. The molecule has 1 aliphatic heterocycles. The van der Waals surface area contributed by atoms with Gasteiger partial charge >= 0.3 is 0 Å². The van der Waals surface area contributed by atoms with Crippen molar-refractivity contribution in [3.63, 3.8) is 0 Å². The van der Waals surface area contributed by atoms with E-state index in [9.17, 15) is 4.79 Å². The highest BCUT2D eigenvalue weighted by molar-refractivity contribution is 5.90. The van der Waals surface area contributed by atoms with Crippen LogP contribution in [0.1, 0.15) is 75.5 Å². The molecule has 1 saturated carbocycles. The summed E-state index contributed by atoms with van der Waals surface area (Å²) >= 11 is 0. The fourth-order valence-corrected chi connectivity index (χ4v) is 6.95. The zero-order chi connectivity index (χ0) is 20.3. The number of nitrogens with zero attached hydrogens (tertiary/aromatic N) is 2. The molecule has 2 fully saturated rings. The third kappa shape index (κ3) is 2.78. The van der Waals surface area contributed by atoms with Gasteiger partial charge in [0.1, 0.15) is 0 Å². The Morgan fingerprint density at radius 2 is 1.97 bits per heavy atom. The monoisotopic (exact) mass is 393 g/mol. The number of fused-ring (bicyclic) bond motifs is 2. The zero-order valence-corrected chi connectivity index (χ0v) is 18.2. The van der Waals surface area contributed by atoms with Crippen LogP contribution in [0.5, 0.6) is 0 Å². The predicted octanol–water partition coefficient (Wildman–Crippen LogP) is 4.62. The Bertz CT molecular complexity index is 939. The summed E-state index contributed by atoms with van der Waals surface area (Å²) in [6, 6.07) is 7.71. The van der Waals surface area contributed by atoms with Crippen LogP contribution in [0.2, 0.25) is 0 Å². The van der Waals surface area contributed by atoms with Gasteiger partial charge in [0, 0.05) is 41.6 Å². The first-order chi connectivity index (χ1) is 13.9. The molecule has 1 aromatic heterocycles. The van der Waals surface area contributed by atoms with Crippen molar-refractivity contribution in [3.8, 4) is 0 Å². The molecule has 156 valence electrons. The van der Waals surface area contributed by atoms with Gasteiger partial charge in [-0.15, -0.1) is 0 Å². The summed E-state index contributed by atoms with van der Waals surface area (Å²) in [5, 5.41) is 1.44. The average molecular weight is 394 g/mol. The maximum atomic E-state index is 13.0. The molecule has 1 aromatic carbocycles. The second-order valence-electron chi connectivity index (χ2n) is 10.2. The minimum absolute atomic E-state index is 0.0626. The molecule has 1 amide bonds. The summed E-state index contributed by atoms with van der Waals surface area (Å²) in [7, 11) is 2.22. The van der Waals surface area contributed by atoms with Crippen LogP contribution < -0.4 is 5.73 Å². The van der Waals surface area contributed by atoms with Crippen LogP contribution in [0.3, 0.4) is 0 Å². The first-order valence-corrected chi connectivity index (χ1v) is 11.5. The SMILES string of the molecule is CC(C)n1cc2c3c(cccc31)[C@H]1CC(C(N)=O)(C3CCCCC3)CN(C)[C@@H]1C2. The second kappa shape index (κ2) is 6.87. The van der Waals surface area contributed by atoms with Crippen LogP contribution in [-0.4, -0.2) is 35.0 Å². The number of aromatic nitrogens is 1. The third-order valence-corrected chi connectivity index (χ3v) is 8.38. The van der Waals surface area contributed by atoms with E-state index >= 15 is 0 Å². The topological polar surface area (TPSA) is 51.3 Å². The standard InChI is InChI=1S/C25H35N3O/c1-16(2)28-14-17-12-22-20(19-10-7-11-21(28)23(17)19)13-25(24(26)29,15-27(22)3)18-8-5-4-6-9-18/h7,10-11,14,16,18,20,22H,4-6,8-9,12-13,15H2,1-3H3,(H2,26,29)/t20-,22-,25?/m1/s1. The van der Waals surface area contributed by atoms with Crippen LogP contribution in [0.25, 0.3) is 10.9 Å². The van der Waals surface area contributed by atoms with Crippen molar-refractivity contribution < 1.29 is 4.79 Å². The molecule has 1 saturated heterocycles. The van der Waals surface area contributed by atoms with Gasteiger partial charge < -0.3 is 15.2 Å². The fourth-order valence-electron chi connectivity index (χ4n) is 6.95. The Kier molecular flexibility index (Phi) is 4.54. The average Bonchev–Trinajstić information content (AvgIpc) is 3.09. The third-order valence-electron chi connectivity index (χ3n) is 8.38. The van der Waals surface area contributed by atoms with E-state index in [-0.39, 0.29) is 11.3 Å². The molecule has 2 aliphatic carbocycles. The van der Waals surface area contributed by atoms with E-state index in [1.165, 1.54) is 41.3 Å². The molecule has 4 nitrogen and oxygen atoms in total. The predicted molar refractivity (Wildman–Crippen MR) is 118 cm³/mol. The van der Waals surface area contributed by atoms with E-state index in [1.807, 2.05) is 0 Å². The number of hydrogen-bond donors (Lipinski definition) is 1. The van der Waals surface area contributed by atoms with Crippen LogP contribution in [-0.2, 0) is 11.2 Å². The van der Waals surface area contributed by atoms with Crippen molar-refractivity contribution in [2.75, 3.05) is 13.6 Å². The number of benzene rings is 1. The summed E-state index contributed by atoms with van der Waals surface area (Å²) < 4.78 is 2.42. The van der Waals surface area contributed by atoms with E-state index in [2.05, 4.69) is 54.8 Å². The van der Waals surface area contributed by atoms with Gasteiger partial charge in [0.15, 0.2) is 0 Å². The van der Waals surface area contributed by atoms with Crippen LogP contribution in [0.15, 0.2) is 24.4 Å².